The summed E-state index contributed by atoms with van der Waals surface area (Å²) in [5, 5.41) is 24.1. The Kier molecular flexibility index (Phi) is 8.23. The van der Waals surface area contributed by atoms with Crippen LogP contribution in [0.3, 0.4) is 0 Å². The molecule has 0 aliphatic carbocycles. The van der Waals surface area contributed by atoms with E-state index in [4.69, 9.17) is 15.9 Å². The van der Waals surface area contributed by atoms with Gasteiger partial charge in [0.05, 0.1) is 0 Å². The Morgan fingerprint density at radius 1 is 1.05 bits per heavy atom. The van der Waals surface area contributed by atoms with E-state index >= 15 is 0 Å². The molecule has 0 aliphatic rings. The highest BCUT2D eigenvalue weighted by atomic mass is 16.4. The maximum atomic E-state index is 11.4. The van der Waals surface area contributed by atoms with Crippen molar-refractivity contribution in [2.75, 3.05) is 13.1 Å². The summed E-state index contributed by atoms with van der Waals surface area (Å²) in [6.07, 6.45) is -0.0278. The molecule has 7 N–H and O–H groups in total. The van der Waals surface area contributed by atoms with Crippen LogP contribution in [0.15, 0.2) is 0 Å². The zero-order chi connectivity index (χ0) is 15.5. The van der Waals surface area contributed by atoms with Gasteiger partial charge in [-0.15, -0.1) is 0 Å². The van der Waals surface area contributed by atoms with Crippen LogP contribution in [0, 0.1) is 0 Å². The van der Waals surface area contributed by atoms with E-state index in [1.807, 2.05) is 0 Å². The summed E-state index contributed by atoms with van der Waals surface area (Å²) in [6.45, 7) is 0.190. The molecule has 1 atom stereocenters. The van der Waals surface area contributed by atoms with Crippen LogP contribution >= 0.6 is 0 Å². The summed E-state index contributed by atoms with van der Waals surface area (Å²) in [5.41, 5.74) is 4.81. The minimum absolute atomic E-state index is 0.00852. The van der Waals surface area contributed by atoms with Gasteiger partial charge < -0.3 is 31.9 Å². The maximum Gasteiger partial charge on any atom is 0.326 e. The Bertz CT molecular complexity index is 373. The van der Waals surface area contributed by atoms with E-state index in [0.29, 0.717) is 0 Å². The number of carboxylic acids is 2. The summed E-state index contributed by atoms with van der Waals surface area (Å²) in [4.78, 5) is 42.9. The smallest absolute Gasteiger partial charge is 0.326 e. The molecule has 0 heterocycles. The Balaban J connectivity index is 3.98. The van der Waals surface area contributed by atoms with Gasteiger partial charge in [0.1, 0.15) is 6.04 Å². The minimum atomic E-state index is -1.25. The number of carbonyl (C=O) groups is 4. The normalized spacial score (nSPS) is 11.2. The van der Waals surface area contributed by atoms with Crippen LogP contribution in [0.1, 0.15) is 19.3 Å². The van der Waals surface area contributed by atoms with E-state index in [1.54, 1.807) is 0 Å². The molecule has 0 fully saturated rings. The molecule has 0 unspecified atom stereocenters. The van der Waals surface area contributed by atoms with Gasteiger partial charge in [-0.1, -0.05) is 0 Å². The number of nitrogens with one attached hydrogen (secondary N) is 3. The lowest BCUT2D eigenvalue weighted by Crippen LogP contribution is -2.47. The number of hydrogen-bond donors (Lipinski definition) is 6. The van der Waals surface area contributed by atoms with E-state index in [1.165, 1.54) is 0 Å². The Morgan fingerprint density at radius 3 is 2.15 bits per heavy atom. The van der Waals surface area contributed by atoms with Crippen LogP contribution in [-0.2, 0) is 9.59 Å². The van der Waals surface area contributed by atoms with Gasteiger partial charge in [0.15, 0.2) is 0 Å². The van der Waals surface area contributed by atoms with E-state index in [9.17, 15) is 19.2 Å². The number of carboxylic acid groups (broad SMARTS) is 2. The predicted octanol–water partition coefficient (Wildman–Crippen LogP) is -1.34. The second kappa shape index (κ2) is 9.42. The Hall–Kier alpha value is -2.52. The van der Waals surface area contributed by atoms with Crippen LogP contribution in [0.2, 0.25) is 0 Å². The van der Waals surface area contributed by atoms with Gasteiger partial charge in [0.2, 0.25) is 0 Å². The van der Waals surface area contributed by atoms with Crippen LogP contribution in [0.25, 0.3) is 0 Å². The van der Waals surface area contributed by atoms with E-state index in [0.717, 1.165) is 0 Å². The summed E-state index contributed by atoms with van der Waals surface area (Å²) < 4.78 is 0. The van der Waals surface area contributed by atoms with Crippen LogP contribution in [0.4, 0.5) is 9.59 Å². The second-order valence-electron chi connectivity index (χ2n) is 3.87. The number of rotatable bonds is 9. The Morgan fingerprint density at radius 2 is 1.65 bits per heavy atom. The lowest BCUT2D eigenvalue weighted by Gasteiger charge is -2.14. The van der Waals surface area contributed by atoms with Crippen molar-refractivity contribution >= 4 is 24.0 Å². The lowest BCUT2D eigenvalue weighted by molar-refractivity contribution is -0.140. The fourth-order valence-electron chi connectivity index (χ4n) is 1.29. The van der Waals surface area contributed by atoms with Gasteiger partial charge in [-0.2, -0.15) is 0 Å². The Labute approximate surface area is 114 Å². The van der Waals surface area contributed by atoms with Crippen molar-refractivity contribution in [3.63, 3.8) is 0 Å². The van der Waals surface area contributed by atoms with Crippen molar-refractivity contribution < 1.29 is 29.4 Å². The average Bonchev–Trinajstić information content (AvgIpc) is 2.32. The molecule has 0 aromatic rings. The molecule has 0 aliphatic heterocycles. The number of nitrogens with two attached hydrogens (primary N) is 1. The monoisotopic (exact) mass is 290 g/mol. The van der Waals surface area contributed by atoms with Crippen molar-refractivity contribution in [1.82, 2.24) is 16.0 Å². The number of amides is 4. The summed E-state index contributed by atoms with van der Waals surface area (Å²) >= 11 is 0. The highest BCUT2D eigenvalue weighted by molar-refractivity contribution is 5.82. The van der Waals surface area contributed by atoms with Gasteiger partial charge in [-0.05, 0) is 12.8 Å². The molecule has 0 aromatic carbocycles. The highest BCUT2D eigenvalue weighted by Gasteiger charge is 2.19. The fourth-order valence-corrected chi connectivity index (χ4v) is 1.29. The highest BCUT2D eigenvalue weighted by Crippen LogP contribution is 2.01. The van der Waals surface area contributed by atoms with Gasteiger partial charge >= 0.3 is 24.0 Å². The summed E-state index contributed by atoms with van der Waals surface area (Å²) in [6, 6.07) is -2.62. The third-order valence-corrected chi connectivity index (χ3v) is 2.20. The molecule has 114 valence electrons. The van der Waals surface area contributed by atoms with Gasteiger partial charge in [-0.3, -0.25) is 4.79 Å². The van der Waals surface area contributed by atoms with Crippen molar-refractivity contribution in [2.45, 2.75) is 25.3 Å². The van der Waals surface area contributed by atoms with Crippen LogP contribution in [-0.4, -0.2) is 53.3 Å². The van der Waals surface area contributed by atoms with Crippen molar-refractivity contribution in [3.05, 3.63) is 0 Å². The first kappa shape index (κ1) is 17.5. The van der Waals surface area contributed by atoms with Gasteiger partial charge in [-0.25, -0.2) is 14.4 Å². The first-order valence-corrected chi connectivity index (χ1v) is 5.85. The molecule has 0 bridgehead atoms. The molecule has 10 nitrogen and oxygen atoms in total. The number of urea groups is 2. The van der Waals surface area contributed by atoms with Crippen LogP contribution < -0.4 is 21.7 Å². The summed E-state index contributed by atoms with van der Waals surface area (Å²) in [7, 11) is 0. The quantitative estimate of drug-likeness (QED) is 0.287. The minimum Gasteiger partial charge on any atom is -0.481 e. The van der Waals surface area contributed by atoms with Gasteiger partial charge in [0, 0.05) is 19.5 Å². The first-order valence-electron chi connectivity index (χ1n) is 5.85. The van der Waals surface area contributed by atoms with E-state index in [2.05, 4.69) is 16.0 Å². The van der Waals surface area contributed by atoms with Gasteiger partial charge in [0.25, 0.3) is 0 Å². The zero-order valence-electron chi connectivity index (χ0n) is 10.7. The first-order chi connectivity index (χ1) is 9.32. The number of carbonyl (C=O) groups excluding carboxylic acids is 2. The summed E-state index contributed by atoms with van der Waals surface area (Å²) in [5.74, 6) is -2.28. The van der Waals surface area contributed by atoms with Crippen molar-refractivity contribution in [2.24, 2.45) is 5.73 Å². The fraction of sp³-hybridized carbons (Fsp3) is 0.600. The van der Waals surface area contributed by atoms with Crippen molar-refractivity contribution in [3.8, 4) is 0 Å². The third-order valence-electron chi connectivity index (χ3n) is 2.20. The van der Waals surface area contributed by atoms with E-state index < -0.39 is 30.0 Å². The molecule has 0 aromatic heterocycles. The maximum absolute atomic E-state index is 11.4. The number of hydrogen-bond acceptors (Lipinski definition) is 4. The zero-order valence-corrected chi connectivity index (χ0v) is 10.7. The predicted molar refractivity (Wildman–Crippen MR) is 67.0 cm³/mol. The topological polar surface area (TPSA) is 171 Å². The lowest BCUT2D eigenvalue weighted by atomic mass is 10.1. The molecule has 20 heavy (non-hydrogen) atoms. The molecule has 0 saturated heterocycles. The average molecular weight is 290 g/mol. The molecule has 4 amide bonds. The SMILES string of the molecule is NC(=O)NCCNC(=O)N[C@H](CCCC(=O)O)C(=O)O. The van der Waals surface area contributed by atoms with Crippen LogP contribution in [0.5, 0.6) is 0 Å². The van der Waals surface area contributed by atoms with Crippen molar-refractivity contribution in [1.29, 1.82) is 0 Å². The molecule has 0 rings (SSSR count). The molecule has 0 saturated carbocycles. The third kappa shape index (κ3) is 9.50. The van der Waals surface area contributed by atoms with E-state index in [-0.39, 0.29) is 32.4 Å². The second-order valence-corrected chi connectivity index (χ2v) is 3.87. The molecule has 0 radical (unpaired) electrons. The number of aliphatic carboxylic acids is 2. The molecular formula is C10H18N4O6. The molecular weight excluding hydrogens is 272 g/mol. The molecule has 10 heteroatoms. The largest absolute Gasteiger partial charge is 0.481 e. The standard InChI is InChI=1S/C10H18N4O6/c11-9(19)12-4-5-13-10(20)14-6(8(17)18)2-1-3-7(15)16/h6H,1-5H2,(H,15,16)(H,17,18)(H3,11,12,19)(H2,13,14,20)/t6-/m1/s1. The number of primary amides is 1. The molecule has 0 spiro atoms.